The fraction of sp³-hybridized carbons (Fsp3) is 0.154. The summed E-state index contributed by atoms with van der Waals surface area (Å²) in [5.74, 6) is 0.376. The molecule has 0 bridgehead atoms. The van der Waals surface area contributed by atoms with Crippen LogP contribution >= 0.6 is 0 Å². The van der Waals surface area contributed by atoms with Gasteiger partial charge in [0, 0.05) is 29.3 Å². The van der Waals surface area contributed by atoms with Crippen LogP contribution in [0.5, 0.6) is 11.5 Å². The number of carbonyl (C=O) groups is 1. The number of ether oxygens (including phenoxy) is 1. The fourth-order valence-corrected chi connectivity index (χ4v) is 3.52. The third-order valence-electron chi connectivity index (χ3n) is 5.25. The molecule has 5 nitrogen and oxygen atoms in total. The highest BCUT2D eigenvalue weighted by Gasteiger charge is 2.30. The molecule has 4 rings (SSSR count). The molecule has 0 saturated heterocycles. The van der Waals surface area contributed by atoms with E-state index in [1.165, 1.54) is 12.1 Å². The number of hydrogen-bond donors (Lipinski definition) is 2. The lowest BCUT2D eigenvalue weighted by molar-refractivity contribution is -0.137. The Bertz CT molecular complexity index is 1280. The third-order valence-corrected chi connectivity index (χ3v) is 5.25. The minimum Gasteiger partial charge on any atom is -0.457 e. The summed E-state index contributed by atoms with van der Waals surface area (Å²) < 4.78 is 44.1. The molecule has 174 valence electrons. The van der Waals surface area contributed by atoms with E-state index in [1.54, 1.807) is 42.6 Å². The molecule has 4 aromatic rings. The van der Waals surface area contributed by atoms with Gasteiger partial charge in [0.05, 0.1) is 18.2 Å². The molecule has 1 unspecified atom stereocenters. The quantitative estimate of drug-likeness (QED) is 0.384. The molecule has 3 aromatic carbocycles. The minimum atomic E-state index is -4.42. The highest BCUT2D eigenvalue weighted by Crippen LogP contribution is 2.33. The van der Waals surface area contributed by atoms with Crippen LogP contribution in [0.25, 0.3) is 10.8 Å². The largest absolute Gasteiger partial charge is 0.457 e. The molecule has 1 heterocycles. The van der Waals surface area contributed by atoms with Gasteiger partial charge in [-0.2, -0.15) is 13.2 Å². The molecule has 0 aliphatic carbocycles. The molecule has 1 amide bonds. The van der Waals surface area contributed by atoms with E-state index in [0.717, 1.165) is 23.2 Å². The summed E-state index contributed by atoms with van der Waals surface area (Å²) in [4.78, 5) is 17.0. The first-order chi connectivity index (χ1) is 16.3. The average molecular weight is 466 g/mol. The molecule has 8 heteroatoms. The molecule has 2 N–H and O–H groups in total. The van der Waals surface area contributed by atoms with Crippen LogP contribution in [0.4, 0.5) is 13.2 Å². The summed E-state index contributed by atoms with van der Waals surface area (Å²) in [6, 6.07) is 19.7. The Morgan fingerprint density at radius 3 is 2.47 bits per heavy atom. The van der Waals surface area contributed by atoms with Crippen LogP contribution in [0.15, 0.2) is 85.1 Å². The number of hydrogen-bond acceptors (Lipinski definition) is 4. The second-order valence-corrected chi connectivity index (χ2v) is 7.69. The summed E-state index contributed by atoms with van der Waals surface area (Å²) in [6.07, 6.45) is -2.37. The highest BCUT2D eigenvalue weighted by molar-refractivity contribution is 6.00. The number of halogens is 3. The van der Waals surface area contributed by atoms with E-state index in [2.05, 4.69) is 10.3 Å². The predicted octanol–water partition coefficient (Wildman–Crippen LogP) is 5.38. The van der Waals surface area contributed by atoms with Gasteiger partial charge in [-0.1, -0.05) is 18.2 Å². The van der Waals surface area contributed by atoms with Gasteiger partial charge in [0.15, 0.2) is 0 Å². The zero-order valence-electron chi connectivity index (χ0n) is 17.9. The highest BCUT2D eigenvalue weighted by atomic mass is 19.4. The number of alkyl halides is 3. The minimum absolute atomic E-state index is 0.235. The molecule has 0 radical (unpaired) electrons. The number of fused-ring (bicyclic) bond motifs is 1. The maximum atomic E-state index is 12.8. The predicted molar refractivity (Wildman–Crippen MR) is 122 cm³/mol. The standard InChI is InChI=1S/C26H21F3N2O3/c27-26(28,29)19-8-10-22(11-9-19)34-24-6-3-4-17-14-18(7-12-23(17)24)25(33)31-21(16-32)15-20-5-1-2-13-30-20/h1-14,21,32H,15-16H2,(H,31,33). The van der Waals surface area contributed by atoms with Crippen molar-refractivity contribution in [3.8, 4) is 11.5 Å². The van der Waals surface area contributed by atoms with Crippen LogP contribution in [0.3, 0.4) is 0 Å². The number of aliphatic hydroxyl groups excluding tert-OH is 1. The summed E-state index contributed by atoms with van der Waals surface area (Å²) in [6.45, 7) is -0.235. The number of nitrogens with zero attached hydrogens (tertiary/aromatic N) is 1. The van der Waals surface area contributed by atoms with E-state index in [-0.39, 0.29) is 18.3 Å². The van der Waals surface area contributed by atoms with Crippen molar-refractivity contribution < 1.29 is 27.8 Å². The summed E-state index contributed by atoms with van der Waals surface area (Å²) in [5.41, 5.74) is 0.404. The SMILES string of the molecule is O=C(NC(CO)Cc1ccccn1)c1ccc2c(Oc3ccc(C(F)(F)F)cc3)cccc2c1. The Morgan fingerprint density at radius 2 is 1.79 bits per heavy atom. The topological polar surface area (TPSA) is 71.5 Å². The van der Waals surface area contributed by atoms with Crippen LogP contribution in [0.1, 0.15) is 21.6 Å². The molecule has 0 saturated carbocycles. The Morgan fingerprint density at radius 1 is 1.00 bits per heavy atom. The Labute approximate surface area is 193 Å². The van der Waals surface area contributed by atoms with Crippen LogP contribution in [-0.2, 0) is 12.6 Å². The number of amides is 1. The number of pyridine rings is 1. The number of aromatic nitrogens is 1. The van der Waals surface area contributed by atoms with E-state index in [0.29, 0.717) is 23.1 Å². The van der Waals surface area contributed by atoms with Crippen molar-refractivity contribution in [3.05, 3.63) is 102 Å². The summed E-state index contributed by atoms with van der Waals surface area (Å²) in [7, 11) is 0. The van der Waals surface area contributed by atoms with Gasteiger partial charge < -0.3 is 15.2 Å². The van der Waals surface area contributed by atoms with Crippen LogP contribution < -0.4 is 10.1 Å². The number of aliphatic hydroxyl groups is 1. The number of nitrogens with one attached hydrogen (secondary N) is 1. The lowest BCUT2D eigenvalue weighted by Gasteiger charge is -2.16. The first kappa shape index (κ1) is 23.3. The zero-order chi connectivity index (χ0) is 24.1. The zero-order valence-corrected chi connectivity index (χ0v) is 17.9. The van der Waals surface area contributed by atoms with Crippen molar-refractivity contribution in [3.63, 3.8) is 0 Å². The third kappa shape index (κ3) is 5.52. The van der Waals surface area contributed by atoms with Crippen molar-refractivity contribution in [2.24, 2.45) is 0 Å². The van der Waals surface area contributed by atoms with Gasteiger partial charge in [-0.15, -0.1) is 0 Å². The van der Waals surface area contributed by atoms with E-state index in [1.807, 2.05) is 18.2 Å². The van der Waals surface area contributed by atoms with Gasteiger partial charge >= 0.3 is 6.18 Å². The van der Waals surface area contributed by atoms with Crippen molar-refractivity contribution in [1.29, 1.82) is 0 Å². The van der Waals surface area contributed by atoms with Gasteiger partial charge in [-0.3, -0.25) is 9.78 Å². The van der Waals surface area contributed by atoms with Crippen LogP contribution in [-0.4, -0.2) is 28.6 Å². The van der Waals surface area contributed by atoms with E-state index < -0.39 is 17.8 Å². The summed E-state index contributed by atoms with van der Waals surface area (Å²) >= 11 is 0. The second kappa shape index (κ2) is 9.93. The van der Waals surface area contributed by atoms with Gasteiger partial charge in [0.1, 0.15) is 11.5 Å². The molecule has 0 fully saturated rings. The first-order valence-electron chi connectivity index (χ1n) is 10.5. The van der Waals surface area contributed by atoms with Crippen LogP contribution in [0.2, 0.25) is 0 Å². The van der Waals surface area contributed by atoms with Gasteiger partial charge in [0.2, 0.25) is 0 Å². The Hall–Kier alpha value is -3.91. The number of carbonyl (C=O) groups excluding carboxylic acids is 1. The first-order valence-corrected chi connectivity index (χ1v) is 10.5. The van der Waals surface area contributed by atoms with Crippen molar-refractivity contribution in [2.75, 3.05) is 6.61 Å². The van der Waals surface area contributed by atoms with Gasteiger partial charge in [-0.05, 0) is 66.0 Å². The van der Waals surface area contributed by atoms with Crippen LogP contribution in [0, 0.1) is 0 Å². The Balaban J connectivity index is 1.50. The van der Waals surface area contributed by atoms with E-state index >= 15 is 0 Å². The van der Waals surface area contributed by atoms with Crippen molar-refractivity contribution >= 4 is 16.7 Å². The lowest BCUT2D eigenvalue weighted by atomic mass is 10.0. The van der Waals surface area contributed by atoms with E-state index in [4.69, 9.17) is 4.74 Å². The fourth-order valence-electron chi connectivity index (χ4n) is 3.52. The van der Waals surface area contributed by atoms with Gasteiger partial charge in [0.25, 0.3) is 5.91 Å². The molecule has 0 aliphatic heterocycles. The molecule has 1 aromatic heterocycles. The number of benzene rings is 3. The van der Waals surface area contributed by atoms with Crippen molar-refractivity contribution in [2.45, 2.75) is 18.6 Å². The molecular weight excluding hydrogens is 445 g/mol. The monoisotopic (exact) mass is 466 g/mol. The summed E-state index contributed by atoms with van der Waals surface area (Å²) in [5, 5.41) is 13.9. The second-order valence-electron chi connectivity index (χ2n) is 7.69. The molecule has 0 aliphatic rings. The number of rotatable bonds is 7. The maximum absolute atomic E-state index is 12.8. The van der Waals surface area contributed by atoms with Gasteiger partial charge in [-0.25, -0.2) is 0 Å². The molecular formula is C26H21F3N2O3. The molecule has 1 atom stereocenters. The normalized spacial score (nSPS) is 12.4. The molecule has 0 spiro atoms. The Kier molecular flexibility index (Phi) is 6.79. The average Bonchev–Trinajstić information content (AvgIpc) is 2.84. The van der Waals surface area contributed by atoms with E-state index in [9.17, 15) is 23.1 Å². The lowest BCUT2D eigenvalue weighted by Crippen LogP contribution is -2.39. The molecule has 34 heavy (non-hydrogen) atoms. The van der Waals surface area contributed by atoms with Crippen molar-refractivity contribution in [1.82, 2.24) is 10.3 Å². The smallest absolute Gasteiger partial charge is 0.416 e. The maximum Gasteiger partial charge on any atom is 0.416 e.